The Morgan fingerprint density at radius 2 is 1.86 bits per heavy atom. The van der Waals surface area contributed by atoms with Gasteiger partial charge >= 0.3 is 0 Å². The molecule has 0 spiro atoms. The molecule has 0 heterocycles. The monoisotopic (exact) mass is 292 g/mol. The zero-order valence-electron chi connectivity index (χ0n) is 12.7. The Labute approximate surface area is 125 Å². The Kier molecular flexibility index (Phi) is 6.88. The number of hydrogen-bond donors (Lipinski definition) is 3. The van der Waals surface area contributed by atoms with E-state index in [1.807, 2.05) is 13.0 Å². The predicted octanol–water partition coefficient (Wildman–Crippen LogP) is 1.47. The predicted molar refractivity (Wildman–Crippen MR) is 81.9 cm³/mol. The highest BCUT2D eigenvalue weighted by Crippen LogP contribution is 2.09. The molecular weight excluding hydrogens is 268 g/mol. The molecule has 0 aliphatic heterocycles. The van der Waals surface area contributed by atoms with E-state index in [2.05, 4.69) is 10.6 Å². The summed E-state index contributed by atoms with van der Waals surface area (Å²) in [4.78, 5) is 23.4. The lowest BCUT2D eigenvalue weighted by Crippen LogP contribution is -2.41. The summed E-state index contributed by atoms with van der Waals surface area (Å²) in [6.45, 7) is 4.19. The molecule has 2 amide bonds. The van der Waals surface area contributed by atoms with Gasteiger partial charge in [0.05, 0.1) is 5.60 Å². The van der Waals surface area contributed by atoms with Crippen molar-refractivity contribution in [2.24, 2.45) is 0 Å². The lowest BCUT2D eigenvalue weighted by molar-refractivity contribution is -0.122. The van der Waals surface area contributed by atoms with Crippen LogP contribution in [0.3, 0.4) is 0 Å². The fourth-order valence-electron chi connectivity index (χ4n) is 1.99. The maximum Gasteiger partial charge on any atom is 0.251 e. The van der Waals surface area contributed by atoms with E-state index in [1.54, 1.807) is 31.2 Å². The van der Waals surface area contributed by atoms with E-state index in [4.69, 9.17) is 0 Å². The van der Waals surface area contributed by atoms with Crippen molar-refractivity contribution < 1.29 is 14.7 Å². The molecule has 0 aromatic heterocycles. The molecule has 0 aliphatic rings. The quantitative estimate of drug-likeness (QED) is 0.679. The average Bonchev–Trinajstić information content (AvgIpc) is 2.46. The van der Waals surface area contributed by atoms with Crippen LogP contribution in [0, 0.1) is 0 Å². The van der Waals surface area contributed by atoms with E-state index in [1.165, 1.54) is 0 Å². The van der Waals surface area contributed by atoms with Crippen molar-refractivity contribution in [2.75, 3.05) is 13.1 Å². The molecule has 1 rings (SSSR count). The summed E-state index contributed by atoms with van der Waals surface area (Å²) >= 11 is 0. The second-order valence-electron chi connectivity index (χ2n) is 5.40. The minimum Gasteiger partial charge on any atom is -0.388 e. The normalized spacial score (nSPS) is 13.3. The van der Waals surface area contributed by atoms with Gasteiger partial charge in [-0.3, -0.25) is 9.59 Å². The molecule has 1 aromatic rings. The number of nitrogens with one attached hydrogen (secondary N) is 2. The fourth-order valence-corrected chi connectivity index (χ4v) is 1.99. The van der Waals surface area contributed by atoms with Crippen molar-refractivity contribution in [3.05, 3.63) is 35.9 Å². The van der Waals surface area contributed by atoms with Crippen molar-refractivity contribution in [3.8, 4) is 0 Å². The van der Waals surface area contributed by atoms with E-state index >= 15 is 0 Å². The SMILES string of the molecule is CCCC(C)(O)CNC(=O)CCNC(=O)c1ccccc1. The molecule has 116 valence electrons. The molecule has 0 saturated heterocycles. The van der Waals surface area contributed by atoms with Gasteiger partial charge in [0.25, 0.3) is 5.91 Å². The molecule has 5 nitrogen and oxygen atoms in total. The number of rotatable bonds is 8. The van der Waals surface area contributed by atoms with E-state index in [0.717, 1.165) is 6.42 Å². The molecule has 0 aliphatic carbocycles. The molecule has 1 atom stereocenters. The molecule has 0 bridgehead atoms. The van der Waals surface area contributed by atoms with Crippen molar-refractivity contribution in [1.82, 2.24) is 10.6 Å². The van der Waals surface area contributed by atoms with E-state index in [0.29, 0.717) is 12.0 Å². The van der Waals surface area contributed by atoms with Crippen molar-refractivity contribution in [3.63, 3.8) is 0 Å². The van der Waals surface area contributed by atoms with Crippen LogP contribution in [0.15, 0.2) is 30.3 Å². The topological polar surface area (TPSA) is 78.4 Å². The van der Waals surface area contributed by atoms with Crippen LogP contribution in [0.2, 0.25) is 0 Å². The van der Waals surface area contributed by atoms with Gasteiger partial charge < -0.3 is 15.7 Å². The van der Waals surface area contributed by atoms with E-state index in [9.17, 15) is 14.7 Å². The zero-order chi connectivity index (χ0) is 15.7. The Hall–Kier alpha value is -1.88. The third kappa shape index (κ3) is 6.90. The number of benzene rings is 1. The summed E-state index contributed by atoms with van der Waals surface area (Å²) in [6.07, 6.45) is 1.69. The number of carbonyl (C=O) groups excluding carboxylic acids is 2. The smallest absolute Gasteiger partial charge is 0.251 e. The first-order valence-corrected chi connectivity index (χ1v) is 7.27. The van der Waals surface area contributed by atoms with Crippen LogP contribution < -0.4 is 10.6 Å². The maximum absolute atomic E-state index is 11.7. The van der Waals surface area contributed by atoms with E-state index < -0.39 is 5.60 Å². The molecule has 1 unspecified atom stereocenters. The van der Waals surface area contributed by atoms with E-state index in [-0.39, 0.29) is 31.3 Å². The third-order valence-electron chi connectivity index (χ3n) is 3.13. The van der Waals surface area contributed by atoms with Gasteiger partial charge in [0.1, 0.15) is 0 Å². The van der Waals surface area contributed by atoms with Crippen LogP contribution in [0.5, 0.6) is 0 Å². The van der Waals surface area contributed by atoms with Gasteiger partial charge in [-0.1, -0.05) is 31.5 Å². The molecule has 21 heavy (non-hydrogen) atoms. The van der Waals surface area contributed by atoms with Crippen molar-refractivity contribution in [1.29, 1.82) is 0 Å². The van der Waals surface area contributed by atoms with Gasteiger partial charge in [-0.25, -0.2) is 0 Å². The minimum absolute atomic E-state index is 0.181. The van der Waals surface area contributed by atoms with Crippen LogP contribution in [0.4, 0.5) is 0 Å². The van der Waals surface area contributed by atoms with Crippen LogP contribution in [0.1, 0.15) is 43.5 Å². The first-order valence-electron chi connectivity index (χ1n) is 7.27. The average molecular weight is 292 g/mol. The van der Waals surface area contributed by atoms with Gasteiger partial charge in [0.2, 0.25) is 5.91 Å². The van der Waals surface area contributed by atoms with Crippen molar-refractivity contribution in [2.45, 2.75) is 38.7 Å². The van der Waals surface area contributed by atoms with Crippen LogP contribution in [-0.2, 0) is 4.79 Å². The maximum atomic E-state index is 11.7. The summed E-state index contributed by atoms with van der Waals surface area (Å²) in [5, 5.41) is 15.3. The molecule has 5 heteroatoms. The summed E-state index contributed by atoms with van der Waals surface area (Å²) in [6, 6.07) is 8.86. The van der Waals surface area contributed by atoms with Crippen molar-refractivity contribution >= 4 is 11.8 Å². The van der Waals surface area contributed by atoms with Crippen LogP contribution in [0.25, 0.3) is 0 Å². The molecule has 0 fully saturated rings. The summed E-state index contributed by atoms with van der Waals surface area (Å²) in [5.74, 6) is -0.374. The van der Waals surface area contributed by atoms with Gasteiger partial charge in [0.15, 0.2) is 0 Å². The van der Waals surface area contributed by atoms with Gasteiger partial charge in [-0.15, -0.1) is 0 Å². The second kappa shape index (κ2) is 8.42. The Morgan fingerprint density at radius 1 is 1.19 bits per heavy atom. The first kappa shape index (κ1) is 17.2. The highest BCUT2D eigenvalue weighted by Gasteiger charge is 2.19. The second-order valence-corrected chi connectivity index (χ2v) is 5.40. The standard InChI is InChI=1S/C16H24N2O3/c1-3-10-16(2,21)12-18-14(19)9-11-17-15(20)13-7-5-4-6-8-13/h4-8,21H,3,9-12H2,1-2H3,(H,17,20)(H,18,19). The van der Waals surface area contributed by atoms with Gasteiger partial charge in [-0.2, -0.15) is 0 Å². The summed E-state index contributed by atoms with van der Waals surface area (Å²) < 4.78 is 0. The zero-order valence-corrected chi connectivity index (χ0v) is 12.7. The molecule has 0 saturated carbocycles. The largest absolute Gasteiger partial charge is 0.388 e. The van der Waals surface area contributed by atoms with Crippen LogP contribution in [-0.4, -0.2) is 35.6 Å². The first-order chi connectivity index (χ1) is 9.94. The summed E-state index contributed by atoms with van der Waals surface area (Å²) in [7, 11) is 0. The number of carbonyl (C=O) groups is 2. The minimum atomic E-state index is -0.877. The van der Waals surface area contributed by atoms with Gasteiger partial charge in [0, 0.05) is 25.1 Å². The molecule has 0 radical (unpaired) electrons. The molecule has 3 N–H and O–H groups in total. The number of hydrogen-bond acceptors (Lipinski definition) is 3. The number of aliphatic hydroxyl groups is 1. The summed E-state index contributed by atoms with van der Waals surface area (Å²) in [5.41, 5.74) is -0.304. The lowest BCUT2D eigenvalue weighted by atomic mass is 10.0. The van der Waals surface area contributed by atoms with Crippen LogP contribution >= 0.6 is 0 Å². The Balaban J connectivity index is 2.23. The highest BCUT2D eigenvalue weighted by atomic mass is 16.3. The Morgan fingerprint density at radius 3 is 2.48 bits per heavy atom. The highest BCUT2D eigenvalue weighted by molar-refractivity contribution is 5.94. The van der Waals surface area contributed by atoms with Gasteiger partial charge in [-0.05, 0) is 25.5 Å². The number of amides is 2. The fraction of sp³-hybridized carbons (Fsp3) is 0.500. The Bertz CT molecular complexity index is 458. The third-order valence-corrected chi connectivity index (χ3v) is 3.13. The molecular formula is C16H24N2O3. The molecule has 1 aromatic carbocycles. The lowest BCUT2D eigenvalue weighted by Gasteiger charge is -2.22.